The maximum absolute atomic E-state index is 12.8. The van der Waals surface area contributed by atoms with Crippen LogP contribution >= 0.6 is 11.6 Å². The molecule has 0 saturated carbocycles. The molecular weight excluding hydrogens is 309 g/mol. The number of rotatable bonds is 3. The van der Waals surface area contributed by atoms with Crippen molar-refractivity contribution < 1.29 is 18.3 Å². The first-order valence-corrected chi connectivity index (χ1v) is 6.76. The lowest BCUT2D eigenvalue weighted by molar-refractivity contribution is -0.144. The fraction of sp³-hybridized carbons (Fsp3) is 0.667. The molecule has 2 heterocycles. The molecule has 1 fully saturated rings. The van der Waals surface area contributed by atoms with Gasteiger partial charge in [-0.2, -0.15) is 13.2 Å². The number of hydrogen-bond donors (Lipinski definition) is 1. The first kappa shape index (κ1) is 16.3. The Kier molecular flexibility index (Phi) is 4.60. The van der Waals surface area contributed by atoms with Gasteiger partial charge in [0.2, 0.25) is 5.82 Å². The Balaban J connectivity index is 2.33. The fourth-order valence-corrected chi connectivity index (χ4v) is 2.62. The van der Waals surface area contributed by atoms with Crippen molar-refractivity contribution >= 4 is 17.4 Å². The third-order valence-electron chi connectivity index (χ3n) is 3.20. The molecule has 1 aliphatic heterocycles. The van der Waals surface area contributed by atoms with Crippen molar-refractivity contribution in [3.63, 3.8) is 0 Å². The topological polar surface area (TPSA) is 52.5 Å². The molecule has 21 heavy (non-hydrogen) atoms. The van der Waals surface area contributed by atoms with Gasteiger partial charge in [-0.25, -0.2) is 9.97 Å². The van der Waals surface area contributed by atoms with E-state index in [1.54, 1.807) is 4.90 Å². The quantitative estimate of drug-likeness (QED) is 0.857. The number of aliphatic hydroxyl groups is 1. The summed E-state index contributed by atoms with van der Waals surface area (Å²) in [4.78, 5) is 10.3. The highest BCUT2D eigenvalue weighted by molar-refractivity contribution is 6.29. The normalized spacial score (nSPS) is 23.1. The molecule has 0 spiro atoms. The lowest BCUT2D eigenvalue weighted by Gasteiger charge is -2.28. The predicted octanol–water partition coefficient (Wildman–Crippen LogP) is 1.65. The van der Waals surface area contributed by atoms with Crippen LogP contribution in [-0.4, -0.2) is 59.3 Å². The predicted molar refractivity (Wildman–Crippen MR) is 72.4 cm³/mol. The van der Waals surface area contributed by atoms with Gasteiger partial charge in [0.25, 0.3) is 0 Å². The van der Waals surface area contributed by atoms with Gasteiger partial charge in [0.1, 0.15) is 11.0 Å². The van der Waals surface area contributed by atoms with E-state index in [1.807, 2.05) is 19.0 Å². The number of hydrogen-bond acceptors (Lipinski definition) is 5. The second-order valence-electron chi connectivity index (χ2n) is 5.33. The summed E-state index contributed by atoms with van der Waals surface area (Å²) in [7, 11) is 3.72. The number of halogens is 4. The SMILES string of the molecule is CN(C)CC1CC(O)CN1c1cc(Cl)nc(C(F)(F)F)n1. The monoisotopic (exact) mass is 324 g/mol. The highest BCUT2D eigenvalue weighted by atomic mass is 35.5. The van der Waals surface area contributed by atoms with Crippen LogP contribution in [0.2, 0.25) is 5.15 Å². The van der Waals surface area contributed by atoms with E-state index in [9.17, 15) is 18.3 Å². The molecule has 0 aromatic carbocycles. The van der Waals surface area contributed by atoms with Crippen molar-refractivity contribution in [3.05, 3.63) is 17.0 Å². The average Bonchev–Trinajstić information content (AvgIpc) is 2.67. The maximum atomic E-state index is 12.8. The van der Waals surface area contributed by atoms with E-state index in [-0.39, 0.29) is 23.6 Å². The molecule has 5 nitrogen and oxygen atoms in total. The van der Waals surface area contributed by atoms with Crippen LogP contribution in [-0.2, 0) is 6.18 Å². The van der Waals surface area contributed by atoms with Gasteiger partial charge < -0.3 is 14.9 Å². The first-order valence-electron chi connectivity index (χ1n) is 6.38. The van der Waals surface area contributed by atoms with E-state index in [0.29, 0.717) is 13.0 Å². The molecule has 1 aromatic rings. The highest BCUT2D eigenvalue weighted by Crippen LogP contribution is 2.31. The number of aromatic nitrogens is 2. The van der Waals surface area contributed by atoms with Crippen molar-refractivity contribution in [1.29, 1.82) is 0 Å². The van der Waals surface area contributed by atoms with Crippen LogP contribution in [0, 0.1) is 0 Å². The zero-order chi connectivity index (χ0) is 15.8. The van der Waals surface area contributed by atoms with Crippen molar-refractivity contribution in [2.24, 2.45) is 0 Å². The maximum Gasteiger partial charge on any atom is 0.451 e. The fourth-order valence-electron chi connectivity index (χ4n) is 2.45. The van der Waals surface area contributed by atoms with Crippen LogP contribution in [0.15, 0.2) is 6.07 Å². The Bertz CT molecular complexity index is 512. The number of alkyl halides is 3. The molecule has 0 bridgehead atoms. The minimum Gasteiger partial charge on any atom is -0.391 e. The minimum atomic E-state index is -4.66. The van der Waals surface area contributed by atoms with E-state index in [1.165, 1.54) is 6.07 Å². The van der Waals surface area contributed by atoms with Gasteiger partial charge in [-0.05, 0) is 20.5 Å². The Hall–Kier alpha value is -1.12. The first-order chi connectivity index (χ1) is 9.66. The molecule has 1 aliphatic rings. The molecule has 2 atom stereocenters. The molecule has 118 valence electrons. The second kappa shape index (κ2) is 5.94. The summed E-state index contributed by atoms with van der Waals surface area (Å²) in [6, 6.07) is 1.17. The van der Waals surface area contributed by atoms with Gasteiger partial charge in [-0.15, -0.1) is 0 Å². The van der Waals surface area contributed by atoms with Crippen molar-refractivity contribution in [1.82, 2.24) is 14.9 Å². The van der Waals surface area contributed by atoms with Gasteiger partial charge in [0.15, 0.2) is 0 Å². The lowest BCUT2D eigenvalue weighted by Crippen LogP contribution is -2.38. The summed E-state index contributed by atoms with van der Waals surface area (Å²) in [6.45, 7) is 0.823. The summed E-state index contributed by atoms with van der Waals surface area (Å²) in [5.74, 6) is -1.18. The van der Waals surface area contributed by atoms with Crippen molar-refractivity contribution in [3.8, 4) is 0 Å². The standard InChI is InChI=1S/C12H16ClF3N4O/c1-19(2)5-7-3-8(21)6-20(7)10-4-9(13)17-11(18-10)12(14,15)16/h4,7-8,21H,3,5-6H2,1-2H3. The van der Waals surface area contributed by atoms with E-state index >= 15 is 0 Å². The molecule has 0 amide bonds. The van der Waals surface area contributed by atoms with Gasteiger partial charge in [0, 0.05) is 25.2 Å². The summed E-state index contributed by atoms with van der Waals surface area (Å²) in [6.07, 6.45) is -4.78. The zero-order valence-corrected chi connectivity index (χ0v) is 12.4. The van der Waals surface area contributed by atoms with E-state index in [4.69, 9.17) is 11.6 Å². The molecule has 1 aromatic heterocycles. The molecule has 2 unspecified atom stereocenters. The summed E-state index contributed by atoms with van der Waals surface area (Å²) < 4.78 is 38.3. The molecule has 9 heteroatoms. The Morgan fingerprint density at radius 3 is 2.67 bits per heavy atom. The van der Waals surface area contributed by atoms with Crippen molar-refractivity contribution in [2.75, 3.05) is 32.1 Å². The largest absolute Gasteiger partial charge is 0.451 e. The summed E-state index contributed by atoms with van der Waals surface area (Å²) >= 11 is 5.67. The number of likely N-dealkylation sites (N-methyl/N-ethyl adjacent to an activating group) is 1. The minimum absolute atomic E-state index is 0.0886. The number of β-amino-alcohol motifs (C(OH)–C–C–N with tert-alkyl or cyclic N) is 1. The smallest absolute Gasteiger partial charge is 0.391 e. The van der Waals surface area contributed by atoms with Crippen LogP contribution in [0.1, 0.15) is 12.2 Å². The van der Waals surface area contributed by atoms with Gasteiger partial charge in [-0.1, -0.05) is 11.6 Å². The summed E-state index contributed by atoms with van der Waals surface area (Å²) in [5, 5.41) is 9.52. The van der Waals surface area contributed by atoms with Crippen LogP contribution in [0.3, 0.4) is 0 Å². The number of aliphatic hydroxyl groups excluding tert-OH is 1. The third-order valence-corrected chi connectivity index (χ3v) is 3.39. The Labute approximate surface area is 125 Å². The van der Waals surface area contributed by atoms with Gasteiger partial charge in [-0.3, -0.25) is 0 Å². The average molecular weight is 325 g/mol. The lowest BCUT2D eigenvalue weighted by atomic mass is 10.2. The Morgan fingerprint density at radius 2 is 2.10 bits per heavy atom. The molecular formula is C12H16ClF3N4O. The molecule has 0 aliphatic carbocycles. The number of anilines is 1. The van der Waals surface area contributed by atoms with Crippen LogP contribution < -0.4 is 4.90 Å². The zero-order valence-electron chi connectivity index (χ0n) is 11.6. The van der Waals surface area contributed by atoms with E-state index < -0.39 is 18.1 Å². The molecule has 1 saturated heterocycles. The second-order valence-corrected chi connectivity index (χ2v) is 5.72. The van der Waals surface area contributed by atoms with Crippen molar-refractivity contribution in [2.45, 2.75) is 24.7 Å². The summed E-state index contributed by atoms with van der Waals surface area (Å²) in [5.41, 5.74) is 0. The molecule has 0 radical (unpaired) electrons. The van der Waals surface area contributed by atoms with Gasteiger partial charge >= 0.3 is 6.18 Å². The van der Waals surface area contributed by atoms with E-state index in [0.717, 1.165) is 0 Å². The third kappa shape index (κ3) is 3.96. The highest BCUT2D eigenvalue weighted by Gasteiger charge is 2.38. The van der Waals surface area contributed by atoms with Crippen LogP contribution in [0.4, 0.5) is 19.0 Å². The van der Waals surface area contributed by atoms with Gasteiger partial charge in [0.05, 0.1) is 6.10 Å². The molecule has 2 rings (SSSR count). The van der Waals surface area contributed by atoms with E-state index in [2.05, 4.69) is 9.97 Å². The molecule has 1 N–H and O–H groups in total. The number of nitrogens with zero attached hydrogens (tertiary/aromatic N) is 4. The van der Waals surface area contributed by atoms with Crippen LogP contribution in [0.5, 0.6) is 0 Å². The van der Waals surface area contributed by atoms with Crippen LogP contribution in [0.25, 0.3) is 0 Å². The Morgan fingerprint density at radius 1 is 1.43 bits per heavy atom.